The van der Waals surface area contributed by atoms with Gasteiger partial charge >= 0.3 is 0 Å². The highest BCUT2D eigenvalue weighted by molar-refractivity contribution is 7.71. The van der Waals surface area contributed by atoms with E-state index in [0.717, 1.165) is 19.0 Å². The predicted molar refractivity (Wildman–Crippen MR) is 65.8 cm³/mol. The third kappa shape index (κ3) is 2.81. The van der Waals surface area contributed by atoms with Crippen LogP contribution >= 0.6 is 12.2 Å². The Labute approximate surface area is 96.3 Å². The van der Waals surface area contributed by atoms with Gasteiger partial charge < -0.3 is 4.90 Å². The van der Waals surface area contributed by atoms with Crippen LogP contribution in [0.5, 0.6) is 0 Å². The van der Waals surface area contributed by atoms with E-state index in [1.165, 1.54) is 6.42 Å². The van der Waals surface area contributed by atoms with Gasteiger partial charge in [0.05, 0.1) is 0 Å². The number of rotatable bonds is 5. The molecule has 1 atom stereocenters. The first-order valence-electron chi connectivity index (χ1n) is 5.46. The molecule has 0 saturated heterocycles. The van der Waals surface area contributed by atoms with Crippen molar-refractivity contribution >= 4 is 18.2 Å². The van der Waals surface area contributed by atoms with Gasteiger partial charge in [0.2, 0.25) is 5.95 Å². The third-order valence-electron chi connectivity index (χ3n) is 2.68. The van der Waals surface area contributed by atoms with Crippen molar-refractivity contribution in [2.45, 2.75) is 33.7 Å². The Kier molecular flexibility index (Phi) is 4.32. The lowest BCUT2D eigenvalue weighted by molar-refractivity contribution is 0.549. The van der Waals surface area contributed by atoms with Gasteiger partial charge in [-0.3, -0.25) is 4.57 Å². The molecule has 1 unspecified atom stereocenters. The van der Waals surface area contributed by atoms with Gasteiger partial charge in [-0.05, 0) is 25.1 Å². The van der Waals surface area contributed by atoms with Crippen LogP contribution in [0, 0.1) is 10.7 Å². The minimum Gasteiger partial charge on any atom is -0.344 e. The molecule has 0 aliphatic heterocycles. The van der Waals surface area contributed by atoms with Crippen molar-refractivity contribution in [3.05, 3.63) is 4.77 Å². The summed E-state index contributed by atoms with van der Waals surface area (Å²) in [5.41, 5.74) is 0. The molecule has 0 fully saturated rings. The van der Waals surface area contributed by atoms with E-state index in [1.807, 2.05) is 4.57 Å². The molecule has 1 heterocycles. The van der Waals surface area contributed by atoms with Crippen LogP contribution in [0.3, 0.4) is 0 Å². The summed E-state index contributed by atoms with van der Waals surface area (Å²) >= 11 is 5.15. The zero-order valence-electron chi connectivity index (χ0n) is 9.95. The highest BCUT2D eigenvalue weighted by atomic mass is 32.1. The lowest BCUT2D eigenvalue weighted by Gasteiger charge is -2.21. The van der Waals surface area contributed by atoms with Crippen molar-refractivity contribution in [1.29, 1.82) is 0 Å². The topological polar surface area (TPSA) is 36.9 Å². The Morgan fingerprint density at radius 3 is 2.73 bits per heavy atom. The lowest BCUT2D eigenvalue weighted by atomic mass is 10.1. The van der Waals surface area contributed by atoms with Crippen LogP contribution in [0.1, 0.15) is 27.2 Å². The molecule has 0 bridgehead atoms. The molecule has 0 aliphatic rings. The second-order valence-corrected chi connectivity index (χ2v) is 4.35. The van der Waals surface area contributed by atoms with Crippen molar-refractivity contribution < 1.29 is 0 Å². The van der Waals surface area contributed by atoms with Gasteiger partial charge in [0.25, 0.3) is 0 Å². The van der Waals surface area contributed by atoms with Crippen LogP contribution in [0.15, 0.2) is 0 Å². The predicted octanol–water partition coefficient (Wildman–Crippen LogP) is 2.44. The molecular weight excluding hydrogens is 208 g/mol. The number of aromatic nitrogens is 3. The Hall–Kier alpha value is -0.840. The fourth-order valence-corrected chi connectivity index (χ4v) is 1.82. The first-order chi connectivity index (χ1) is 7.10. The zero-order chi connectivity index (χ0) is 11.4. The van der Waals surface area contributed by atoms with Gasteiger partial charge in [0.15, 0.2) is 4.77 Å². The molecule has 0 amide bonds. The van der Waals surface area contributed by atoms with E-state index in [9.17, 15) is 0 Å². The van der Waals surface area contributed by atoms with E-state index in [-0.39, 0.29) is 0 Å². The number of hydrogen-bond acceptors (Lipinski definition) is 3. The summed E-state index contributed by atoms with van der Waals surface area (Å²) < 4.78 is 2.71. The largest absolute Gasteiger partial charge is 0.344 e. The zero-order valence-corrected chi connectivity index (χ0v) is 10.8. The highest BCUT2D eigenvalue weighted by Crippen LogP contribution is 2.12. The summed E-state index contributed by atoms with van der Waals surface area (Å²) in [6.45, 7) is 8.39. The molecule has 5 heteroatoms. The number of aromatic amines is 1. The summed E-state index contributed by atoms with van der Waals surface area (Å²) in [5.74, 6) is 1.60. The van der Waals surface area contributed by atoms with Gasteiger partial charge in [-0.2, -0.15) is 0 Å². The maximum absolute atomic E-state index is 5.15. The second kappa shape index (κ2) is 5.30. The molecule has 4 nitrogen and oxygen atoms in total. The molecule has 0 radical (unpaired) electrons. The summed E-state index contributed by atoms with van der Waals surface area (Å²) in [4.78, 5) is 2.16. The van der Waals surface area contributed by atoms with E-state index in [2.05, 4.69) is 42.9 Å². The van der Waals surface area contributed by atoms with E-state index in [0.29, 0.717) is 10.7 Å². The molecule has 1 aromatic rings. The SMILES string of the molecule is CCC(C)CN(C)c1n[nH]c(=S)n1CC. The van der Waals surface area contributed by atoms with Crippen molar-refractivity contribution in [2.24, 2.45) is 5.92 Å². The first kappa shape index (κ1) is 12.2. The Morgan fingerprint density at radius 1 is 1.53 bits per heavy atom. The molecule has 0 aromatic carbocycles. The Morgan fingerprint density at radius 2 is 2.20 bits per heavy atom. The molecule has 1 N–H and O–H groups in total. The molecule has 0 saturated carbocycles. The van der Waals surface area contributed by atoms with E-state index in [4.69, 9.17) is 12.2 Å². The molecule has 0 spiro atoms. The van der Waals surface area contributed by atoms with Gasteiger partial charge in [0, 0.05) is 20.1 Å². The van der Waals surface area contributed by atoms with Gasteiger partial charge in [-0.15, -0.1) is 5.10 Å². The first-order valence-corrected chi connectivity index (χ1v) is 5.87. The van der Waals surface area contributed by atoms with Crippen LogP contribution in [0.4, 0.5) is 5.95 Å². The average Bonchev–Trinajstić information content (AvgIpc) is 2.59. The Bertz CT molecular complexity index is 355. The fourth-order valence-electron chi connectivity index (χ4n) is 1.56. The number of nitrogens with zero attached hydrogens (tertiary/aromatic N) is 3. The van der Waals surface area contributed by atoms with Gasteiger partial charge in [0.1, 0.15) is 0 Å². The monoisotopic (exact) mass is 228 g/mol. The molecule has 1 aromatic heterocycles. The third-order valence-corrected chi connectivity index (χ3v) is 2.99. The number of nitrogens with one attached hydrogen (secondary N) is 1. The van der Waals surface area contributed by atoms with E-state index < -0.39 is 0 Å². The van der Waals surface area contributed by atoms with E-state index in [1.54, 1.807) is 0 Å². The summed E-state index contributed by atoms with van der Waals surface area (Å²) in [5, 5.41) is 7.08. The normalized spacial score (nSPS) is 12.8. The molecule has 86 valence electrons. The van der Waals surface area contributed by atoms with Crippen LogP contribution < -0.4 is 4.90 Å². The minimum absolute atomic E-state index is 0.672. The lowest BCUT2D eigenvalue weighted by Crippen LogP contribution is -2.26. The van der Waals surface area contributed by atoms with Crippen LogP contribution in [0.25, 0.3) is 0 Å². The highest BCUT2D eigenvalue weighted by Gasteiger charge is 2.11. The number of anilines is 1. The molecular formula is C10H20N4S. The van der Waals surface area contributed by atoms with Gasteiger partial charge in [-0.1, -0.05) is 20.3 Å². The van der Waals surface area contributed by atoms with Crippen molar-refractivity contribution in [2.75, 3.05) is 18.5 Å². The van der Waals surface area contributed by atoms with Gasteiger partial charge in [-0.25, -0.2) is 5.10 Å². The van der Waals surface area contributed by atoms with Crippen molar-refractivity contribution in [3.63, 3.8) is 0 Å². The summed E-state index contributed by atoms with van der Waals surface area (Å²) in [6.07, 6.45) is 1.18. The summed E-state index contributed by atoms with van der Waals surface area (Å²) in [6, 6.07) is 0. The second-order valence-electron chi connectivity index (χ2n) is 3.97. The van der Waals surface area contributed by atoms with Crippen LogP contribution in [-0.4, -0.2) is 28.4 Å². The number of hydrogen-bond donors (Lipinski definition) is 1. The van der Waals surface area contributed by atoms with Crippen molar-refractivity contribution in [3.8, 4) is 0 Å². The quantitative estimate of drug-likeness (QED) is 0.786. The molecule has 0 aliphatic carbocycles. The average molecular weight is 228 g/mol. The van der Waals surface area contributed by atoms with Crippen LogP contribution in [0.2, 0.25) is 0 Å². The van der Waals surface area contributed by atoms with E-state index >= 15 is 0 Å². The molecule has 1 rings (SSSR count). The maximum Gasteiger partial charge on any atom is 0.225 e. The maximum atomic E-state index is 5.15. The fraction of sp³-hybridized carbons (Fsp3) is 0.800. The minimum atomic E-state index is 0.672. The Balaban J connectivity index is 2.81. The standard InChI is InChI=1S/C10H20N4S/c1-5-8(3)7-13(4)9-11-12-10(15)14(9)6-2/h8H,5-7H2,1-4H3,(H,12,15). The van der Waals surface area contributed by atoms with Crippen molar-refractivity contribution in [1.82, 2.24) is 14.8 Å². The van der Waals surface area contributed by atoms with Crippen LogP contribution in [-0.2, 0) is 6.54 Å². The molecule has 15 heavy (non-hydrogen) atoms. The summed E-state index contributed by atoms with van der Waals surface area (Å²) in [7, 11) is 2.06. The number of H-pyrrole nitrogens is 1. The smallest absolute Gasteiger partial charge is 0.225 e.